The minimum atomic E-state index is -0.639. The number of aryl methyl sites for hydroxylation is 1. The Labute approximate surface area is 197 Å². The molecule has 0 radical (unpaired) electrons. The van der Waals surface area contributed by atoms with Crippen LogP contribution in [0.4, 0.5) is 13.6 Å². The minimum Gasteiger partial charge on any atom is -0.338 e. The zero-order valence-corrected chi connectivity index (χ0v) is 19.9. The highest BCUT2D eigenvalue weighted by Crippen LogP contribution is 2.44. The van der Waals surface area contributed by atoms with Crippen molar-refractivity contribution >= 4 is 17.4 Å². The molecular weight excluding hydrogens is 440 g/mol. The van der Waals surface area contributed by atoms with Gasteiger partial charge in [0.1, 0.15) is 22.7 Å². The van der Waals surface area contributed by atoms with E-state index >= 15 is 0 Å². The zero-order chi connectivity index (χ0) is 23.1. The van der Waals surface area contributed by atoms with Crippen LogP contribution in [0, 0.1) is 17.6 Å². The third-order valence-electron chi connectivity index (χ3n) is 6.64. The van der Waals surface area contributed by atoms with Crippen LogP contribution in [0.3, 0.4) is 0 Å². The predicted molar refractivity (Wildman–Crippen MR) is 127 cm³/mol. The van der Waals surface area contributed by atoms with E-state index in [1.54, 1.807) is 16.2 Å². The fourth-order valence-electron chi connectivity index (χ4n) is 5.04. The number of aromatic nitrogens is 1. The lowest BCUT2D eigenvalue weighted by molar-refractivity contribution is 0.179. The number of carbonyl (C=O) groups excluding carboxylic acids is 1. The largest absolute Gasteiger partial charge is 0.338 e. The van der Waals surface area contributed by atoms with E-state index in [0.29, 0.717) is 24.6 Å². The molecule has 4 nitrogen and oxygen atoms in total. The molecule has 5 rings (SSSR count). The Bertz CT molecular complexity index is 1160. The molecule has 0 saturated carbocycles. The predicted octanol–water partition coefficient (Wildman–Crippen LogP) is 6.36. The second-order valence-electron chi connectivity index (χ2n) is 9.45. The van der Waals surface area contributed by atoms with Gasteiger partial charge in [-0.25, -0.2) is 13.6 Å². The maximum Gasteiger partial charge on any atom is 0.318 e. The number of halogens is 2. The maximum absolute atomic E-state index is 14.3. The number of hydrogen-bond donors (Lipinski definition) is 1. The Kier molecular flexibility index (Phi) is 5.99. The summed E-state index contributed by atoms with van der Waals surface area (Å²) in [6, 6.07) is 6.66. The van der Waals surface area contributed by atoms with Gasteiger partial charge in [0, 0.05) is 29.2 Å². The Morgan fingerprint density at radius 2 is 1.91 bits per heavy atom. The quantitative estimate of drug-likeness (QED) is 0.475. The van der Waals surface area contributed by atoms with Crippen LogP contribution >= 0.6 is 11.3 Å². The van der Waals surface area contributed by atoms with E-state index in [0.717, 1.165) is 42.4 Å². The summed E-state index contributed by atoms with van der Waals surface area (Å²) in [5.41, 5.74) is 3.81. The van der Waals surface area contributed by atoms with E-state index in [2.05, 4.69) is 23.7 Å². The van der Waals surface area contributed by atoms with Crippen LogP contribution < -0.4 is 5.32 Å². The van der Waals surface area contributed by atoms with Crippen LogP contribution in [0.1, 0.15) is 66.4 Å². The molecule has 1 aliphatic heterocycles. The van der Waals surface area contributed by atoms with Gasteiger partial charge in [-0.05, 0) is 73.4 Å². The van der Waals surface area contributed by atoms with E-state index in [4.69, 9.17) is 0 Å². The molecule has 1 aliphatic carbocycles. The van der Waals surface area contributed by atoms with Gasteiger partial charge in [0.25, 0.3) is 0 Å². The zero-order valence-electron chi connectivity index (χ0n) is 19.0. The number of rotatable bonds is 4. The molecule has 0 fully saturated rings. The SMILES string of the molecule is CC(C)CCNC(=O)N1Cc2c(sc3c2CCCC3)-n2cccc2C1c1cc(F)cc(F)c1. The number of benzene rings is 1. The molecule has 0 saturated heterocycles. The van der Waals surface area contributed by atoms with Crippen LogP contribution in [-0.2, 0) is 19.4 Å². The lowest BCUT2D eigenvalue weighted by Crippen LogP contribution is -2.42. The smallest absolute Gasteiger partial charge is 0.318 e. The average molecular weight is 470 g/mol. The van der Waals surface area contributed by atoms with E-state index in [1.807, 2.05) is 18.3 Å². The first kappa shape index (κ1) is 22.1. The van der Waals surface area contributed by atoms with Gasteiger partial charge < -0.3 is 14.8 Å². The Morgan fingerprint density at radius 1 is 1.15 bits per heavy atom. The monoisotopic (exact) mass is 469 g/mol. The first-order valence-electron chi connectivity index (χ1n) is 11.7. The molecule has 2 aromatic heterocycles. The van der Waals surface area contributed by atoms with Gasteiger partial charge in [-0.1, -0.05) is 13.8 Å². The lowest BCUT2D eigenvalue weighted by Gasteiger charge is -2.31. The normalized spacial score (nSPS) is 17.4. The van der Waals surface area contributed by atoms with Crippen LogP contribution in [0.2, 0.25) is 0 Å². The number of amides is 2. The first-order valence-corrected chi connectivity index (χ1v) is 12.6. The standard InChI is InChI=1S/C26H29F2N3OS/c1-16(2)9-10-29-26(32)31-15-21-20-6-3-4-8-23(20)33-25(21)30-11-5-7-22(30)24(31)17-12-18(27)14-19(28)13-17/h5,7,11-14,16,24H,3-4,6,8-10,15H2,1-2H3,(H,29,32). The van der Waals surface area contributed by atoms with Crippen molar-refractivity contribution in [3.63, 3.8) is 0 Å². The van der Waals surface area contributed by atoms with Crippen LogP contribution in [0.5, 0.6) is 0 Å². The molecule has 1 atom stereocenters. The van der Waals surface area contributed by atoms with Gasteiger partial charge in [0.05, 0.1) is 12.2 Å². The van der Waals surface area contributed by atoms with Gasteiger partial charge in [-0.2, -0.15) is 0 Å². The fraction of sp³-hybridized carbons (Fsp3) is 0.423. The molecule has 3 aromatic rings. The third kappa shape index (κ3) is 4.19. The molecule has 1 N–H and O–H groups in total. The highest BCUT2D eigenvalue weighted by atomic mass is 32.1. The van der Waals surface area contributed by atoms with Crippen molar-refractivity contribution in [2.75, 3.05) is 6.54 Å². The number of fused-ring (bicyclic) bond motifs is 5. The van der Waals surface area contributed by atoms with Gasteiger partial charge in [-0.15, -0.1) is 11.3 Å². The summed E-state index contributed by atoms with van der Waals surface area (Å²) >= 11 is 1.79. The van der Waals surface area contributed by atoms with Crippen molar-refractivity contribution in [3.05, 3.63) is 75.4 Å². The molecule has 3 heterocycles. The Hall–Kier alpha value is -2.67. The van der Waals surface area contributed by atoms with Crippen molar-refractivity contribution in [1.82, 2.24) is 14.8 Å². The highest BCUT2D eigenvalue weighted by molar-refractivity contribution is 7.15. The summed E-state index contributed by atoms with van der Waals surface area (Å²) in [7, 11) is 0. The number of nitrogens with one attached hydrogen (secondary N) is 1. The average Bonchev–Trinajstić information content (AvgIpc) is 3.34. The number of nitrogens with zero attached hydrogens (tertiary/aromatic N) is 2. The molecular formula is C26H29F2N3OS. The van der Waals surface area contributed by atoms with Gasteiger partial charge in [-0.3, -0.25) is 0 Å². The van der Waals surface area contributed by atoms with E-state index in [1.165, 1.54) is 34.6 Å². The number of thiophene rings is 1. The van der Waals surface area contributed by atoms with Crippen molar-refractivity contribution < 1.29 is 13.6 Å². The van der Waals surface area contributed by atoms with Crippen LogP contribution in [0.15, 0.2) is 36.5 Å². The third-order valence-corrected chi connectivity index (χ3v) is 7.97. The summed E-state index contributed by atoms with van der Waals surface area (Å²) < 4.78 is 30.7. The van der Waals surface area contributed by atoms with E-state index in [9.17, 15) is 13.6 Å². The maximum atomic E-state index is 14.3. The molecule has 1 unspecified atom stereocenters. The van der Waals surface area contributed by atoms with Gasteiger partial charge in [0.15, 0.2) is 0 Å². The molecule has 33 heavy (non-hydrogen) atoms. The van der Waals surface area contributed by atoms with Gasteiger partial charge >= 0.3 is 6.03 Å². The lowest BCUT2D eigenvalue weighted by atomic mass is 9.95. The summed E-state index contributed by atoms with van der Waals surface area (Å²) in [6.45, 7) is 5.21. The second-order valence-corrected chi connectivity index (χ2v) is 10.5. The van der Waals surface area contributed by atoms with E-state index in [-0.39, 0.29) is 6.03 Å². The molecule has 1 aromatic carbocycles. The second kappa shape index (κ2) is 8.93. The van der Waals surface area contributed by atoms with Gasteiger partial charge in [0.2, 0.25) is 0 Å². The van der Waals surface area contributed by atoms with Crippen LogP contribution in [-0.4, -0.2) is 22.0 Å². The number of hydrogen-bond acceptors (Lipinski definition) is 2. The molecule has 2 amide bonds. The molecule has 7 heteroatoms. The number of carbonyl (C=O) groups is 1. The first-order chi connectivity index (χ1) is 15.9. The van der Waals surface area contributed by atoms with Crippen molar-refractivity contribution in [2.24, 2.45) is 5.92 Å². The summed E-state index contributed by atoms with van der Waals surface area (Å²) in [4.78, 5) is 16.7. The molecule has 0 bridgehead atoms. The highest BCUT2D eigenvalue weighted by Gasteiger charge is 2.36. The van der Waals surface area contributed by atoms with Crippen molar-refractivity contribution in [3.8, 4) is 5.00 Å². The topological polar surface area (TPSA) is 37.3 Å². The van der Waals surface area contributed by atoms with Crippen molar-refractivity contribution in [1.29, 1.82) is 0 Å². The van der Waals surface area contributed by atoms with E-state index < -0.39 is 17.7 Å². The Morgan fingerprint density at radius 3 is 2.67 bits per heavy atom. The summed E-state index contributed by atoms with van der Waals surface area (Å²) in [5.74, 6) is -0.811. The molecule has 2 aliphatic rings. The fourth-order valence-corrected chi connectivity index (χ4v) is 6.44. The van der Waals surface area contributed by atoms with Crippen LogP contribution in [0.25, 0.3) is 5.00 Å². The summed E-state index contributed by atoms with van der Waals surface area (Å²) in [6.07, 6.45) is 7.29. The molecule has 174 valence electrons. The summed E-state index contributed by atoms with van der Waals surface area (Å²) in [5, 5.41) is 4.19. The number of urea groups is 1. The van der Waals surface area contributed by atoms with Crippen molar-refractivity contribution in [2.45, 2.75) is 58.5 Å². The minimum absolute atomic E-state index is 0.207. The molecule has 0 spiro atoms. The Balaban J connectivity index is 1.63.